The molecular weight excluding hydrogens is 175 g/mol. The predicted molar refractivity (Wildman–Crippen MR) is 49.7 cm³/mol. The SMILES string of the molecule is [CH2]C(C=C)c1cc(Cl)ccc1F. The predicted octanol–water partition coefficient (Wildman–Crippen LogP) is 3.58. The molecule has 0 amide bonds. The molecule has 0 aliphatic rings. The maximum absolute atomic E-state index is 13.1. The molecule has 0 nitrogen and oxygen atoms in total. The highest BCUT2D eigenvalue weighted by Gasteiger charge is 2.07. The van der Waals surface area contributed by atoms with E-state index in [1.807, 2.05) is 0 Å². The van der Waals surface area contributed by atoms with Crippen LogP contribution >= 0.6 is 11.6 Å². The van der Waals surface area contributed by atoms with Gasteiger partial charge in [0.05, 0.1) is 0 Å². The van der Waals surface area contributed by atoms with Crippen molar-refractivity contribution < 1.29 is 4.39 Å². The molecule has 0 aromatic heterocycles. The Hall–Kier alpha value is -0.820. The Balaban J connectivity index is 3.12. The third kappa shape index (κ3) is 1.86. The average Bonchev–Trinajstić information content (AvgIpc) is 2.08. The Bertz CT molecular complexity index is 294. The van der Waals surface area contributed by atoms with Crippen LogP contribution in [0.5, 0.6) is 0 Å². The second kappa shape index (κ2) is 3.72. The van der Waals surface area contributed by atoms with Crippen molar-refractivity contribution in [3.8, 4) is 0 Å². The molecule has 0 aliphatic heterocycles. The maximum Gasteiger partial charge on any atom is 0.127 e. The van der Waals surface area contributed by atoms with E-state index in [-0.39, 0.29) is 11.7 Å². The molecule has 12 heavy (non-hydrogen) atoms. The summed E-state index contributed by atoms with van der Waals surface area (Å²) in [5, 5.41) is 0.516. The number of benzene rings is 1. The molecule has 1 atom stereocenters. The lowest BCUT2D eigenvalue weighted by molar-refractivity contribution is 0.609. The molecule has 1 unspecified atom stereocenters. The van der Waals surface area contributed by atoms with Crippen LogP contribution in [0.1, 0.15) is 11.5 Å². The van der Waals surface area contributed by atoms with Gasteiger partial charge in [0.2, 0.25) is 0 Å². The van der Waals surface area contributed by atoms with E-state index in [1.165, 1.54) is 12.1 Å². The van der Waals surface area contributed by atoms with Crippen LogP contribution in [-0.4, -0.2) is 0 Å². The van der Waals surface area contributed by atoms with Crippen LogP contribution in [0.25, 0.3) is 0 Å². The first-order valence-corrected chi connectivity index (χ1v) is 3.93. The first kappa shape index (κ1) is 9.27. The van der Waals surface area contributed by atoms with Gasteiger partial charge in [-0.1, -0.05) is 17.7 Å². The molecule has 0 saturated carbocycles. The summed E-state index contributed by atoms with van der Waals surface area (Å²) in [5.41, 5.74) is 0.484. The van der Waals surface area contributed by atoms with E-state index < -0.39 is 0 Å². The molecule has 63 valence electrons. The van der Waals surface area contributed by atoms with Gasteiger partial charge in [-0.3, -0.25) is 0 Å². The lowest BCUT2D eigenvalue weighted by Gasteiger charge is -2.07. The standard InChI is InChI=1S/C10H9ClF/c1-3-7(2)9-6-8(11)4-5-10(9)12/h3-7H,1-2H2. The van der Waals surface area contributed by atoms with Gasteiger partial charge in [-0.05, 0) is 30.7 Å². The first-order chi connectivity index (χ1) is 5.65. The van der Waals surface area contributed by atoms with Gasteiger partial charge in [0.15, 0.2) is 0 Å². The van der Waals surface area contributed by atoms with Gasteiger partial charge in [-0.2, -0.15) is 0 Å². The summed E-state index contributed by atoms with van der Waals surface area (Å²) in [5.74, 6) is -0.539. The van der Waals surface area contributed by atoms with Crippen LogP contribution in [0.3, 0.4) is 0 Å². The molecule has 0 saturated heterocycles. The number of rotatable bonds is 2. The molecule has 2 heteroatoms. The minimum Gasteiger partial charge on any atom is -0.207 e. The number of hydrogen-bond donors (Lipinski definition) is 0. The van der Waals surface area contributed by atoms with Crippen molar-refractivity contribution >= 4 is 11.6 Å². The fourth-order valence-electron chi connectivity index (χ4n) is 0.926. The van der Waals surface area contributed by atoms with E-state index in [4.69, 9.17) is 11.6 Å². The molecule has 0 heterocycles. The molecule has 0 aliphatic carbocycles. The third-order valence-electron chi connectivity index (χ3n) is 1.64. The Kier molecular flexibility index (Phi) is 2.88. The number of halogens is 2. The lowest BCUT2D eigenvalue weighted by Crippen LogP contribution is -1.93. The van der Waals surface area contributed by atoms with Crippen LogP contribution in [-0.2, 0) is 0 Å². The zero-order chi connectivity index (χ0) is 9.14. The second-order valence-corrected chi connectivity index (χ2v) is 2.94. The van der Waals surface area contributed by atoms with Crippen molar-refractivity contribution in [3.05, 3.63) is 54.2 Å². The van der Waals surface area contributed by atoms with Crippen LogP contribution in [0.15, 0.2) is 30.9 Å². The van der Waals surface area contributed by atoms with E-state index in [2.05, 4.69) is 13.5 Å². The van der Waals surface area contributed by atoms with Gasteiger partial charge in [0.1, 0.15) is 5.82 Å². The molecule has 0 N–H and O–H groups in total. The highest BCUT2D eigenvalue weighted by Crippen LogP contribution is 2.22. The maximum atomic E-state index is 13.1. The van der Waals surface area contributed by atoms with E-state index in [0.29, 0.717) is 10.6 Å². The fourth-order valence-corrected chi connectivity index (χ4v) is 1.11. The monoisotopic (exact) mass is 183 g/mol. The smallest absolute Gasteiger partial charge is 0.127 e. The number of hydrogen-bond acceptors (Lipinski definition) is 0. The Morgan fingerprint density at radius 3 is 2.75 bits per heavy atom. The molecule has 1 radical (unpaired) electrons. The average molecular weight is 184 g/mol. The van der Waals surface area contributed by atoms with Crippen LogP contribution in [0.2, 0.25) is 5.02 Å². The van der Waals surface area contributed by atoms with Crippen molar-refractivity contribution in [3.63, 3.8) is 0 Å². The van der Waals surface area contributed by atoms with E-state index >= 15 is 0 Å². The Morgan fingerprint density at radius 1 is 1.50 bits per heavy atom. The van der Waals surface area contributed by atoms with Crippen molar-refractivity contribution in [2.45, 2.75) is 5.92 Å². The molecule has 1 aromatic rings. The first-order valence-electron chi connectivity index (χ1n) is 3.55. The van der Waals surface area contributed by atoms with Gasteiger partial charge < -0.3 is 0 Å². The summed E-state index contributed by atoms with van der Waals surface area (Å²) < 4.78 is 13.1. The largest absolute Gasteiger partial charge is 0.207 e. The summed E-state index contributed by atoms with van der Waals surface area (Å²) in [7, 11) is 0. The minimum atomic E-state index is -0.292. The van der Waals surface area contributed by atoms with E-state index in [9.17, 15) is 4.39 Å². The highest BCUT2D eigenvalue weighted by atomic mass is 35.5. The zero-order valence-corrected chi connectivity index (χ0v) is 7.31. The van der Waals surface area contributed by atoms with Gasteiger partial charge in [-0.25, -0.2) is 4.39 Å². The van der Waals surface area contributed by atoms with E-state index in [0.717, 1.165) is 0 Å². The molecule has 0 spiro atoms. The van der Waals surface area contributed by atoms with Crippen molar-refractivity contribution in [2.75, 3.05) is 0 Å². The zero-order valence-electron chi connectivity index (χ0n) is 6.56. The summed E-state index contributed by atoms with van der Waals surface area (Å²) in [6, 6.07) is 4.41. The third-order valence-corrected chi connectivity index (χ3v) is 1.88. The van der Waals surface area contributed by atoms with Crippen LogP contribution in [0, 0.1) is 12.7 Å². The fraction of sp³-hybridized carbons (Fsp3) is 0.100. The van der Waals surface area contributed by atoms with Gasteiger partial charge in [0, 0.05) is 10.9 Å². The van der Waals surface area contributed by atoms with Crippen molar-refractivity contribution in [1.29, 1.82) is 0 Å². The molecular formula is C10H9ClF. The quantitative estimate of drug-likeness (QED) is 0.615. The van der Waals surface area contributed by atoms with Gasteiger partial charge in [-0.15, -0.1) is 6.58 Å². The normalized spacial score (nSPS) is 12.6. The van der Waals surface area contributed by atoms with Crippen LogP contribution < -0.4 is 0 Å². The van der Waals surface area contributed by atoms with Gasteiger partial charge >= 0.3 is 0 Å². The highest BCUT2D eigenvalue weighted by molar-refractivity contribution is 6.30. The summed E-state index contributed by atoms with van der Waals surface area (Å²) in [6.07, 6.45) is 1.58. The Morgan fingerprint density at radius 2 is 2.17 bits per heavy atom. The molecule has 1 aromatic carbocycles. The minimum absolute atomic E-state index is 0.247. The summed E-state index contributed by atoms with van der Waals surface area (Å²) in [6.45, 7) is 7.25. The topological polar surface area (TPSA) is 0 Å². The van der Waals surface area contributed by atoms with Crippen molar-refractivity contribution in [2.24, 2.45) is 0 Å². The Labute approximate surface area is 76.7 Å². The lowest BCUT2D eigenvalue weighted by atomic mass is 10.0. The molecule has 0 bridgehead atoms. The van der Waals surface area contributed by atoms with Crippen molar-refractivity contribution in [1.82, 2.24) is 0 Å². The summed E-state index contributed by atoms with van der Waals surface area (Å²) in [4.78, 5) is 0. The summed E-state index contributed by atoms with van der Waals surface area (Å²) >= 11 is 5.69. The number of allylic oxidation sites excluding steroid dienone is 1. The van der Waals surface area contributed by atoms with Gasteiger partial charge in [0.25, 0.3) is 0 Å². The molecule has 1 rings (SSSR count). The van der Waals surface area contributed by atoms with E-state index in [1.54, 1.807) is 12.1 Å². The second-order valence-electron chi connectivity index (χ2n) is 2.51. The van der Waals surface area contributed by atoms with Crippen LogP contribution in [0.4, 0.5) is 4.39 Å². The molecule has 0 fully saturated rings.